The molecule has 110 valence electrons. The van der Waals surface area contributed by atoms with Crippen molar-refractivity contribution in [3.63, 3.8) is 0 Å². The Hall–Kier alpha value is -1.53. The molecule has 6 heteroatoms. The van der Waals surface area contributed by atoms with Crippen LogP contribution in [0.25, 0.3) is 0 Å². The molecule has 0 saturated carbocycles. The highest BCUT2D eigenvalue weighted by atomic mass is 16.5. The summed E-state index contributed by atoms with van der Waals surface area (Å²) in [7, 11) is 1.38. The van der Waals surface area contributed by atoms with Gasteiger partial charge in [-0.15, -0.1) is 0 Å². The molecular formula is C14H22N4O2. The fourth-order valence-electron chi connectivity index (χ4n) is 2.39. The zero-order valence-corrected chi connectivity index (χ0v) is 12.4. The van der Waals surface area contributed by atoms with Crippen molar-refractivity contribution >= 4 is 5.97 Å². The lowest BCUT2D eigenvalue weighted by molar-refractivity contribution is 0.0592. The van der Waals surface area contributed by atoms with Crippen LogP contribution in [0.1, 0.15) is 41.4 Å². The Bertz CT molecular complexity index is 486. The molecule has 0 aliphatic carbocycles. The van der Waals surface area contributed by atoms with Crippen LogP contribution in [0.3, 0.4) is 0 Å². The standard InChI is InChI=1S/C14H22N4O2/c1-4-18(5-2)7-6-12-16-11-9-15-8-10(11)13(17-12)14(19)20-3/h15H,4-9H2,1-3H3. The number of rotatable bonds is 6. The van der Waals surface area contributed by atoms with E-state index in [0.29, 0.717) is 18.8 Å². The monoisotopic (exact) mass is 278 g/mol. The van der Waals surface area contributed by atoms with E-state index in [2.05, 4.69) is 34.0 Å². The number of methoxy groups -OCH3 is 1. The number of aromatic nitrogens is 2. The third-order valence-corrected chi connectivity index (χ3v) is 3.66. The minimum absolute atomic E-state index is 0.378. The van der Waals surface area contributed by atoms with E-state index in [1.165, 1.54) is 7.11 Å². The number of likely N-dealkylation sites (N-methyl/N-ethyl adjacent to an activating group) is 1. The molecule has 0 saturated heterocycles. The minimum atomic E-state index is -0.378. The van der Waals surface area contributed by atoms with Gasteiger partial charge < -0.3 is 15.0 Å². The van der Waals surface area contributed by atoms with Crippen molar-refractivity contribution < 1.29 is 9.53 Å². The van der Waals surface area contributed by atoms with E-state index in [1.54, 1.807) is 0 Å². The molecule has 1 aromatic heterocycles. The molecule has 2 heterocycles. The fourth-order valence-corrected chi connectivity index (χ4v) is 2.39. The zero-order valence-electron chi connectivity index (χ0n) is 12.4. The van der Waals surface area contributed by atoms with Gasteiger partial charge >= 0.3 is 5.97 Å². The maximum Gasteiger partial charge on any atom is 0.357 e. The fraction of sp³-hybridized carbons (Fsp3) is 0.643. The van der Waals surface area contributed by atoms with Gasteiger partial charge in [0.1, 0.15) is 5.82 Å². The molecule has 0 unspecified atom stereocenters. The normalized spacial score (nSPS) is 13.6. The quantitative estimate of drug-likeness (QED) is 0.775. The molecule has 0 bridgehead atoms. The molecule has 1 aromatic rings. The maximum atomic E-state index is 11.8. The van der Waals surface area contributed by atoms with Crippen LogP contribution in [0, 0.1) is 0 Å². The lowest BCUT2D eigenvalue weighted by Crippen LogP contribution is -2.26. The lowest BCUT2D eigenvalue weighted by atomic mass is 10.2. The summed E-state index contributed by atoms with van der Waals surface area (Å²) in [5, 5.41) is 3.20. The van der Waals surface area contributed by atoms with Crippen LogP contribution < -0.4 is 5.32 Å². The number of nitrogens with one attached hydrogen (secondary N) is 1. The summed E-state index contributed by atoms with van der Waals surface area (Å²) in [5.41, 5.74) is 2.22. The molecule has 1 N–H and O–H groups in total. The van der Waals surface area contributed by atoms with Crippen LogP contribution in [0.15, 0.2) is 0 Å². The van der Waals surface area contributed by atoms with E-state index in [1.807, 2.05) is 0 Å². The SMILES string of the molecule is CCN(CC)CCc1nc2c(c(C(=O)OC)n1)CNC2. The van der Waals surface area contributed by atoms with Crippen molar-refractivity contribution in [3.8, 4) is 0 Å². The molecule has 0 atom stereocenters. The van der Waals surface area contributed by atoms with Gasteiger partial charge in [-0.05, 0) is 13.1 Å². The number of carbonyl (C=O) groups is 1. The summed E-state index contributed by atoms with van der Waals surface area (Å²) in [4.78, 5) is 23.1. The number of hydrogen-bond donors (Lipinski definition) is 1. The van der Waals surface area contributed by atoms with E-state index in [0.717, 1.165) is 43.1 Å². The summed E-state index contributed by atoms with van der Waals surface area (Å²) in [6, 6.07) is 0. The smallest absolute Gasteiger partial charge is 0.357 e. The molecule has 0 amide bonds. The van der Waals surface area contributed by atoms with Crippen molar-refractivity contribution in [1.82, 2.24) is 20.2 Å². The zero-order chi connectivity index (χ0) is 14.5. The Morgan fingerprint density at radius 1 is 1.30 bits per heavy atom. The molecular weight excluding hydrogens is 256 g/mol. The van der Waals surface area contributed by atoms with Crippen LogP contribution in [0.4, 0.5) is 0 Å². The molecule has 0 fully saturated rings. The molecule has 0 spiro atoms. The largest absolute Gasteiger partial charge is 0.464 e. The Morgan fingerprint density at radius 3 is 2.70 bits per heavy atom. The van der Waals surface area contributed by atoms with Crippen LogP contribution in [0.2, 0.25) is 0 Å². The molecule has 1 aliphatic rings. The third kappa shape index (κ3) is 3.13. The second-order valence-electron chi connectivity index (χ2n) is 4.79. The Balaban J connectivity index is 2.20. The van der Waals surface area contributed by atoms with Crippen molar-refractivity contribution in [3.05, 3.63) is 22.8 Å². The van der Waals surface area contributed by atoms with Gasteiger partial charge in [0.2, 0.25) is 0 Å². The second-order valence-corrected chi connectivity index (χ2v) is 4.79. The highest BCUT2D eigenvalue weighted by Crippen LogP contribution is 2.18. The first kappa shape index (κ1) is 14.9. The van der Waals surface area contributed by atoms with Crippen LogP contribution in [-0.2, 0) is 24.2 Å². The molecule has 6 nitrogen and oxygen atoms in total. The lowest BCUT2D eigenvalue weighted by Gasteiger charge is -2.17. The molecule has 0 radical (unpaired) electrons. The Kier molecular flexibility index (Phi) is 5.03. The van der Waals surface area contributed by atoms with Gasteiger partial charge in [0.05, 0.1) is 12.8 Å². The number of ether oxygens (including phenoxy) is 1. The summed E-state index contributed by atoms with van der Waals surface area (Å²) < 4.78 is 4.82. The van der Waals surface area contributed by atoms with Gasteiger partial charge in [-0.3, -0.25) is 0 Å². The first-order chi connectivity index (χ1) is 9.69. The molecule has 2 rings (SSSR count). The number of hydrogen-bond acceptors (Lipinski definition) is 6. The second kappa shape index (κ2) is 6.76. The number of esters is 1. The van der Waals surface area contributed by atoms with Crippen molar-refractivity contribution in [2.45, 2.75) is 33.4 Å². The Labute approximate surface area is 119 Å². The predicted molar refractivity (Wildman–Crippen MR) is 75.4 cm³/mol. The molecule has 20 heavy (non-hydrogen) atoms. The molecule has 0 aromatic carbocycles. The van der Waals surface area contributed by atoms with Crippen molar-refractivity contribution in [2.24, 2.45) is 0 Å². The van der Waals surface area contributed by atoms with E-state index in [9.17, 15) is 4.79 Å². The third-order valence-electron chi connectivity index (χ3n) is 3.66. The van der Waals surface area contributed by atoms with E-state index >= 15 is 0 Å². The summed E-state index contributed by atoms with van der Waals surface area (Å²) in [5.74, 6) is 0.344. The summed E-state index contributed by atoms with van der Waals surface area (Å²) in [6.45, 7) is 8.52. The van der Waals surface area contributed by atoms with Gasteiger partial charge in [-0.25, -0.2) is 14.8 Å². The topological polar surface area (TPSA) is 67.4 Å². The van der Waals surface area contributed by atoms with Crippen molar-refractivity contribution in [2.75, 3.05) is 26.7 Å². The van der Waals surface area contributed by atoms with E-state index < -0.39 is 0 Å². The van der Waals surface area contributed by atoms with Crippen LogP contribution >= 0.6 is 0 Å². The van der Waals surface area contributed by atoms with Gasteiger partial charge in [-0.2, -0.15) is 0 Å². The summed E-state index contributed by atoms with van der Waals surface area (Å²) in [6.07, 6.45) is 0.749. The Morgan fingerprint density at radius 2 is 2.05 bits per heavy atom. The van der Waals surface area contributed by atoms with Crippen LogP contribution in [-0.4, -0.2) is 47.6 Å². The summed E-state index contributed by atoms with van der Waals surface area (Å²) >= 11 is 0. The first-order valence-corrected chi connectivity index (χ1v) is 7.09. The maximum absolute atomic E-state index is 11.8. The van der Waals surface area contributed by atoms with Crippen molar-refractivity contribution in [1.29, 1.82) is 0 Å². The average Bonchev–Trinajstić information content (AvgIpc) is 2.95. The first-order valence-electron chi connectivity index (χ1n) is 7.09. The number of nitrogens with zero attached hydrogens (tertiary/aromatic N) is 3. The number of fused-ring (bicyclic) bond motifs is 1. The molecule has 1 aliphatic heterocycles. The average molecular weight is 278 g/mol. The van der Waals surface area contributed by atoms with Crippen LogP contribution in [0.5, 0.6) is 0 Å². The van der Waals surface area contributed by atoms with E-state index in [-0.39, 0.29) is 5.97 Å². The highest BCUT2D eigenvalue weighted by Gasteiger charge is 2.23. The minimum Gasteiger partial charge on any atom is -0.464 e. The highest BCUT2D eigenvalue weighted by molar-refractivity contribution is 5.89. The number of carbonyl (C=O) groups excluding carboxylic acids is 1. The predicted octanol–water partition coefficient (Wildman–Crippen LogP) is 0.751. The van der Waals surface area contributed by atoms with Gasteiger partial charge in [-0.1, -0.05) is 13.8 Å². The van der Waals surface area contributed by atoms with Gasteiger partial charge in [0.15, 0.2) is 5.69 Å². The van der Waals surface area contributed by atoms with Gasteiger partial charge in [0, 0.05) is 31.6 Å². The van der Waals surface area contributed by atoms with E-state index in [4.69, 9.17) is 4.74 Å². The van der Waals surface area contributed by atoms with Gasteiger partial charge in [0.25, 0.3) is 0 Å².